The number of aliphatic carboxylic acids is 1. The molecule has 18 heavy (non-hydrogen) atoms. The molecule has 1 rings (SSSR count). The van der Waals surface area contributed by atoms with Crippen LogP contribution < -0.4 is 40.4 Å². The van der Waals surface area contributed by atoms with Gasteiger partial charge in [-0.05, 0) is 24.7 Å². The first-order chi connectivity index (χ1) is 7.79. The van der Waals surface area contributed by atoms with Crippen LogP contribution in [0.4, 0.5) is 0 Å². The largest absolute Gasteiger partial charge is 1.00 e. The number of carboxylic acid groups (broad SMARTS) is 1. The minimum atomic E-state index is -4.02. The summed E-state index contributed by atoms with van der Waals surface area (Å²) in [6.07, 6.45) is 3.48. The van der Waals surface area contributed by atoms with Crippen LogP contribution in [-0.2, 0) is 14.9 Å². The summed E-state index contributed by atoms with van der Waals surface area (Å²) in [7, 11) is -4.02. The van der Waals surface area contributed by atoms with Gasteiger partial charge in [-0.15, -0.1) is 0 Å². The maximum absolute atomic E-state index is 10.9. The van der Waals surface area contributed by atoms with Gasteiger partial charge in [0.05, 0.1) is 11.7 Å². The Kier molecular flexibility index (Phi) is 7.96. The molecule has 0 radical (unpaired) electrons. The van der Waals surface area contributed by atoms with E-state index in [1.54, 1.807) is 0 Å². The van der Waals surface area contributed by atoms with E-state index in [1.165, 1.54) is 0 Å². The molecule has 0 spiro atoms. The van der Waals surface area contributed by atoms with Crippen LogP contribution in [0.2, 0.25) is 0 Å². The van der Waals surface area contributed by atoms with Gasteiger partial charge in [0.25, 0.3) is 10.1 Å². The third kappa shape index (κ3) is 6.49. The second-order valence-corrected chi connectivity index (χ2v) is 6.21. The summed E-state index contributed by atoms with van der Waals surface area (Å²) < 4.78 is 30.6. The summed E-state index contributed by atoms with van der Waals surface area (Å²) in [5.74, 6) is -1.90. The summed E-state index contributed by atoms with van der Waals surface area (Å²) in [6, 6.07) is -1.07. The fraction of sp³-hybridized carbons (Fsp3) is 0.900. The molecular formula is C10H18NNaO5S. The van der Waals surface area contributed by atoms with Crippen molar-refractivity contribution < 1.29 is 52.4 Å². The molecule has 0 bridgehead atoms. The normalized spacial score (nSPS) is 26.1. The quantitative estimate of drug-likeness (QED) is 0.394. The van der Waals surface area contributed by atoms with Gasteiger partial charge in [-0.3, -0.25) is 4.55 Å². The van der Waals surface area contributed by atoms with Crippen molar-refractivity contribution in [1.82, 2.24) is 0 Å². The molecule has 0 aromatic heterocycles. The van der Waals surface area contributed by atoms with E-state index in [0.717, 1.165) is 19.3 Å². The van der Waals surface area contributed by atoms with Crippen molar-refractivity contribution in [2.75, 3.05) is 5.75 Å². The van der Waals surface area contributed by atoms with Crippen LogP contribution in [0.1, 0.15) is 32.1 Å². The fourth-order valence-corrected chi connectivity index (χ4v) is 3.49. The summed E-state index contributed by atoms with van der Waals surface area (Å²) in [5.41, 5.74) is 5.40. The number of carboxylic acids is 1. The number of nitrogens with two attached hydrogens (primary N) is 1. The van der Waals surface area contributed by atoms with Crippen molar-refractivity contribution in [3.05, 3.63) is 0 Å². The van der Waals surface area contributed by atoms with Gasteiger partial charge in [0.2, 0.25) is 0 Å². The van der Waals surface area contributed by atoms with Crippen molar-refractivity contribution >= 4 is 16.1 Å². The monoisotopic (exact) mass is 287 g/mol. The molecule has 1 aliphatic rings. The Balaban J connectivity index is 0.00000289. The zero-order chi connectivity index (χ0) is 13.1. The Morgan fingerprint density at radius 3 is 2.28 bits per heavy atom. The summed E-state index contributed by atoms with van der Waals surface area (Å²) in [4.78, 5) is 10.6. The molecule has 1 aliphatic carbocycles. The number of carbonyl (C=O) groups is 1. The van der Waals surface area contributed by atoms with Gasteiger partial charge in [-0.25, -0.2) is 0 Å². The average Bonchev–Trinajstić information content (AvgIpc) is 2.18. The van der Waals surface area contributed by atoms with E-state index in [0.29, 0.717) is 6.42 Å². The van der Waals surface area contributed by atoms with Crippen LogP contribution in [0, 0.1) is 11.8 Å². The predicted octanol–water partition coefficient (Wildman–Crippen LogP) is -3.85. The maximum atomic E-state index is 10.9. The minimum Gasteiger partial charge on any atom is -0.548 e. The van der Waals surface area contributed by atoms with Gasteiger partial charge >= 0.3 is 29.6 Å². The van der Waals surface area contributed by atoms with Crippen LogP contribution in [0.15, 0.2) is 0 Å². The van der Waals surface area contributed by atoms with Gasteiger partial charge in [-0.2, -0.15) is 8.42 Å². The molecule has 0 aromatic rings. The van der Waals surface area contributed by atoms with Crippen LogP contribution in [0.5, 0.6) is 0 Å². The number of carbonyl (C=O) groups excluding carboxylic acids is 1. The number of hydrogen-bond acceptors (Lipinski definition) is 5. The Morgan fingerprint density at radius 2 is 1.83 bits per heavy atom. The first-order valence-corrected chi connectivity index (χ1v) is 7.32. The van der Waals surface area contributed by atoms with Gasteiger partial charge in [-0.1, -0.05) is 19.3 Å². The van der Waals surface area contributed by atoms with Crippen molar-refractivity contribution in [3.8, 4) is 0 Å². The first-order valence-electron chi connectivity index (χ1n) is 5.71. The molecule has 3 N–H and O–H groups in total. The average molecular weight is 287 g/mol. The van der Waals surface area contributed by atoms with E-state index >= 15 is 0 Å². The fourth-order valence-electron chi connectivity index (χ4n) is 2.51. The molecule has 100 valence electrons. The van der Waals surface area contributed by atoms with Crippen LogP contribution in [0.25, 0.3) is 0 Å². The molecule has 3 atom stereocenters. The molecule has 0 aliphatic heterocycles. The van der Waals surface area contributed by atoms with Crippen LogP contribution in [-0.4, -0.2) is 30.7 Å². The van der Waals surface area contributed by atoms with Crippen molar-refractivity contribution in [3.63, 3.8) is 0 Å². The Hall–Kier alpha value is 0.340. The first kappa shape index (κ1) is 18.3. The van der Waals surface area contributed by atoms with Crippen LogP contribution >= 0.6 is 0 Å². The smallest absolute Gasteiger partial charge is 0.548 e. The molecule has 0 aromatic carbocycles. The van der Waals surface area contributed by atoms with Gasteiger partial charge in [0, 0.05) is 6.04 Å². The molecular weight excluding hydrogens is 269 g/mol. The van der Waals surface area contributed by atoms with E-state index in [9.17, 15) is 18.3 Å². The second kappa shape index (κ2) is 7.81. The third-order valence-corrected chi connectivity index (χ3v) is 4.20. The van der Waals surface area contributed by atoms with E-state index in [2.05, 4.69) is 0 Å². The third-order valence-electron chi connectivity index (χ3n) is 3.35. The molecule has 8 heteroatoms. The second-order valence-electron chi connectivity index (χ2n) is 4.71. The molecule has 1 saturated carbocycles. The SMILES string of the molecule is N[C@H](CC1CCCCC1CS(=O)(=O)O)C(=O)[O-].[Na+]. The van der Waals surface area contributed by atoms with Gasteiger partial charge < -0.3 is 15.6 Å². The topological polar surface area (TPSA) is 121 Å². The molecule has 0 saturated heterocycles. The molecule has 6 nitrogen and oxygen atoms in total. The summed E-state index contributed by atoms with van der Waals surface area (Å²) >= 11 is 0. The van der Waals surface area contributed by atoms with E-state index < -0.39 is 22.1 Å². The van der Waals surface area contributed by atoms with E-state index in [4.69, 9.17) is 10.3 Å². The maximum Gasteiger partial charge on any atom is 1.00 e. The number of rotatable bonds is 5. The van der Waals surface area contributed by atoms with Crippen LogP contribution in [0.3, 0.4) is 0 Å². The van der Waals surface area contributed by atoms with E-state index in [1.807, 2.05) is 0 Å². The Labute approximate surface area is 129 Å². The minimum absolute atomic E-state index is 0. The zero-order valence-corrected chi connectivity index (χ0v) is 13.4. The molecule has 2 unspecified atom stereocenters. The summed E-state index contributed by atoms with van der Waals surface area (Å²) in [5, 5.41) is 10.6. The molecule has 0 heterocycles. The molecule has 1 fully saturated rings. The Bertz CT molecular complexity index is 372. The number of hydrogen-bond donors (Lipinski definition) is 2. The Morgan fingerprint density at radius 1 is 1.33 bits per heavy atom. The molecule has 0 amide bonds. The van der Waals surface area contributed by atoms with Gasteiger partial charge in [0.1, 0.15) is 0 Å². The standard InChI is InChI=1S/C10H19NO5S.Na/c11-9(10(12)13)5-7-3-1-2-4-8(7)6-17(14,15)16;/h7-9H,1-6,11H2,(H,12,13)(H,14,15,16);/q;+1/p-1/t7?,8?,9-;/m1./s1. The zero-order valence-electron chi connectivity index (χ0n) is 10.5. The van der Waals surface area contributed by atoms with Crippen molar-refractivity contribution in [1.29, 1.82) is 0 Å². The van der Waals surface area contributed by atoms with Crippen molar-refractivity contribution in [2.24, 2.45) is 17.6 Å². The summed E-state index contributed by atoms with van der Waals surface area (Å²) in [6.45, 7) is 0. The predicted molar refractivity (Wildman–Crippen MR) is 59.5 cm³/mol. The van der Waals surface area contributed by atoms with E-state index in [-0.39, 0.29) is 53.6 Å². The van der Waals surface area contributed by atoms with Gasteiger partial charge in [0.15, 0.2) is 0 Å². The van der Waals surface area contributed by atoms with Crippen molar-refractivity contribution in [2.45, 2.75) is 38.1 Å².